The van der Waals surface area contributed by atoms with Crippen LogP contribution in [0.15, 0.2) is 60.9 Å². The molecule has 0 saturated carbocycles. The van der Waals surface area contributed by atoms with E-state index < -0.39 is 5.97 Å². The molecule has 0 aliphatic heterocycles. The summed E-state index contributed by atoms with van der Waals surface area (Å²) in [4.78, 5) is 19.8. The summed E-state index contributed by atoms with van der Waals surface area (Å²) in [6.45, 7) is 2.25. The Morgan fingerprint density at radius 2 is 1.26 bits per heavy atom. The first-order chi connectivity index (χ1) is 15.2. The number of rotatable bonds is 12. The molecule has 0 fully saturated rings. The SMILES string of the molecule is CCCCCCCCc1cnc(-c2ccc(-c3ccc(CCC(=O)O)cc3)cc2)nc1. The van der Waals surface area contributed by atoms with Gasteiger partial charge in [0.1, 0.15) is 0 Å². The maximum atomic E-state index is 10.7. The van der Waals surface area contributed by atoms with Crippen LogP contribution < -0.4 is 0 Å². The Hall–Kier alpha value is -3.01. The first-order valence-electron chi connectivity index (χ1n) is 11.4. The van der Waals surface area contributed by atoms with E-state index in [1.807, 2.05) is 36.7 Å². The fraction of sp³-hybridized carbons (Fsp3) is 0.370. The lowest BCUT2D eigenvalue weighted by atomic mass is 10.0. The molecular weight excluding hydrogens is 384 g/mol. The lowest BCUT2D eigenvalue weighted by molar-refractivity contribution is -0.136. The van der Waals surface area contributed by atoms with Crippen LogP contribution in [0.2, 0.25) is 0 Å². The van der Waals surface area contributed by atoms with E-state index in [4.69, 9.17) is 5.11 Å². The number of hydrogen-bond acceptors (Lipinski definition) is 3. The normalized spacial score (nSPS) is 10.9. The smallest absolute Gasteiger partial charge is 0.303 e. The van der Waals surface area contributed by atoms with Crippen LogP contribution in [-0.4, -0.2) is 21.0 Å². The molecule has 0 aliphatic rings. The van der Waals surface area contributed by atoms with E-state index in [1.54, 1.807) is 0 Å². The van der Waals surface area contributed by atoms with Gasteiger partial charge in [-0.05, 0) is 41.5 Å². The first kappa shape index (κ1) is 22.7. The van der Waals surface area contributed by atoms with E-state index >= 15 is 0 Å². The zero-order valence-electron chi connectivity index (χ0n) is 18.4. The molecule has 162 valence electrons. The van der Waals surface area contributed by atoms with Crippen molar-refractivity contribution in [2.45, 2.75) is 64.7 Å². The van der Waals surface area contributed by atoms with E-state index in [0.717, 1.165) is 34.5 Å². The monoisotopic (exact) mass is 416 g/mol. The average Bonchev–Trinajstić information content (AvgIpc) is 2.81. The second-order valence-electron chi connectivity index (χ2n) is 8.10. The van der Waals surface area contributed by atoms with Gasteiger partial charge in [0.05, 0.1) is 0 Å². The van der Waals surface area contributed by atoms with Gasteiger partial charge in [-0.15, -0.1) is 0 Å². The number of carbonyl (C=O) groups is 1. The number of carboxylic acid groups (broad SMARTS) is 1. The number of unbranched alkanes of at least 4 members (excludes halogenated alkanes) is 5. The number of hydrogen-bond donors (Lipinski definition) is 1. The van der Waals surface area contributed by atoms with Crippen LogP contribution in [0.25, 0.3) is 22.5 Å². The van der Waals surface area contributed by atoms with Gasteiger partial charge in [-0.3, -0.25) is 4.79 Å². The molecule has 3 rings (SSSR count). The van der Waals surface area contributed by atoms with Crippen molar-refractivity contribution < 1.29 is 9.90 Å². The number of aliphatic carboxylic acids is 1. The van der Waals surface area contributed by atoms with Crippen LogP contribution in [0.4, 0.5) is 0 Å². The molecular formula is C27H32N2O2. The second-order valence-corrected chi connectivity index (χ2v) is 8.10. The zero-order valence-corrected chi connectivity index (χ0v) is 18.4. The third-order valence-electron chi connectivity index (χ3n) is 5.58. The van der Waals surface area contributed by atoms with E-state index in [-0.39, 0.29) is 6.42 Å². The zero-order chi connectivity index (χ0) is 21.9. The van der Waals surface area contributed by atoms with Crippen LogP contribution in [0.3, 0.4) is 0 Å². The molecule has 1 heterocycles. The number of aromatic nitrogens is 2. The summed E-state index contributed by atoms with van der Waals surface area (Å²) in [5.41, 5.74) is 5.48. The van der Waals surface area contributed by atoms with Crippen LogP contribution in [0, 0.1) is 0 Å². The van der Waals surface area contributed by atoms with E-state index in [1.165, 1.54) is 44.1 Å². The third kappa shape index (κ3) is 7.32. The first-order valence-corrected chi connectivity index (χ1v) is 11.4. The minimum absolute atomic E-state index is 0.159. The highest BCUT2D eigenvalue weighted by atomic mass is 16.4. The Bertz CT molecular complexity index is 932. The standard InChI is InChI=1S/C27H32N2O2/c1-2-3-4-5-6-7-8-22-19-28-27(29-20-22)25-16-14-24(15-17-25)23-12-9-21(10-13-23)11-18-26(30)31/h9-10,12-17,19-20H,2-8,11,18H2,1H3,(H,30,31). The van der Waals surface area contributed by atoms with Crippen molar-refractivity contribution in [3.05, 3.63) is 72.1 Å². The molecule has 0 radical (unpaired) electrons. The second kappa shape index (κ2) is 12.0. The van der Waals surface area contributed by atoms with Gasteiger partial charge in [0, 0.05) is 24.4 Å². The van der Waals surface area contributed by atoms with Gasteiger partial charge in [-0.25, -0.2) is 9.97 Å². The molecule has 31 heavy (non-hydrogen) atoms. The summed E-state index contributed by atoms with van der Waals surface area (Å²) in [6.07, 6.45) is 13.5. The molecule has 1 N–H and O–H groups in total. The fourth-order valence-electron chi connectivity index (χ4n) is 3.67. The fourth-order valence-corrected chi connectivity index (χ4v) is 3.67. The minimum Gasteiger partial charge on any atom is -0.481 e. The lowest BCUT2D eigenvalue weighted by Gasteiger charge is -2.06. The molecule has 3 aromatic rings. The summed E-state index contributed by atoms with van der Waals surface area (Å²) in [5.74, 6) is -0.0143. The van der Waals surface area contributed by atoms with Crippen molar-refractivity contribution in [1.82, 2.24) is 9.97 Å². The summed E-state index contributed by atoms with van der Waals surface area (Å²) in [7, 11) is 0. The summed E-state index contributed by atoms with van der Waals surface area (Å²) in [6, 6.07) is 16.3. The van der Waals surface area contributed by atoms with Gasteiger partial charge in [0.15, 0.2) is 5.82 Å². The minimum atomic E-state index is -0.766. The van der Waals surface area contributed by atoms with Crippen molar-refractivity contribution in [2.75, 3.05) is 0 Å². The third-order valence-corrected chi connectivity index (χ3v) is 5.58. The van der Waals surface area contributed by atoms with Gasteiger partial charge in [0.25, 0.3) is 0 Å². The number of aryl methyl sites for hydroxylation is 2. The molecule has 0 saturated heterocycles. The molecule has 4 nitrogen and oxygen atoms in total. The molecule has 0 unspecified atom stereocenters. The molecule has 1 aromatic heterocycles. The molecule has 0 atom stereocenters. The Balaban J connectivity index is 1.54. The van der Waals surface area contributed by atoms with Crippen molar-refractivity contribution in [3.8, 4) is 22.5 Å². The van der Waals surface area contributed by atoms with Crippen molar-refractivity contribution in [1.29, 1.82) is 0 Å². The predicted octanol–water partition coefficient (Wildman–Crippen LogP) is 6.73. The van der Waals surface area contributed by atoms with Crippen LogP contribution in [0.1, 0.15) is 63.0 Å². The van der Waals surface area contributed by atoms with E-state index in [0.29, 0.717) is 6.42 Å². The average molecular weight is 417 g/mol. The Morgan fingerprint density at radius 1 is 0.710 bits per heavy atom. The highest BCUT2D eigenvalue weighted by Gasteiger charge is 2.05. The largest absolute Gasteiger partial charge is 0.481 e. The number of carboxylic acids is 1. The van der Waals surface area contributed by atoms with E-state index in [9.17, 15) is 4.79 Å². The molecule has 2 aromatic carbocycles. The Morgan fingerprint density at radius 3 is 1.87 bits per heavy atom. The lowest BCUT2D eigenvalue weighted by Crippen LogP contribution is -1.97. The molecule has 4 heteroatoms. The number of nitrogens with zero attached hydrogens (tertiary/aromatic N) is 2. The van der Waals surface area contributed by atoms with Crippen molar-refractivity contribution >= 4 is 5.97 Å². The van der Waals surface area contributed by atoms with E-state index in [2.05, 4.69) is 41.2 Å². The quantitative estimate of drug-likeness (QED) is 0.332. The van der Waals surface area contributed by atoms with Gasteiger partial charge in [-0.1, -0.05) is 87.6 Å². The highest BCUT2D eigenvalue weighted by molar-refractivity contribution is 5.69. The highest BCUT2D eigenvalue weighted by Crippen LogP contribution is 2.24. The van der Waals surface area contributed by atoms with Gasteiger partial charge >= 0.3 is 5.97 Å². The van der Waals surface area contributed by atoms with Crippen molar-refractivity contribution in [2.24, 2.45) is 0 Å². The van der Waals surface area contributed by atoms with Gasteiger partial charge < -0.3 is 5.11 Å². The molecule has 0 aliphatic carbocycles. The van der Waals surface area contributed by atoms with Gasteiger partial charge in [-0.2, -0.15) is 0 Å². The maximum Gasteiger partial charge on any atom is 0.303 e. The summed E-state index contributed by atoms with van der Waals surface area (Å²) in [5, 5.41) is 8.81. The van der Waals surface area contributed by atoms with Crippen LogP contribution >= 0.6 is 0 Å². The van der Waals surface area contributed by atoms with Crippen molar-refractivity contribution in [3.63, 3.8) is 0 Å². The Labute approximate surface area is 185 Å². The van der Waals surface area contributed by atoms with Crippen LogP contribution in [0.5, 0.6) is 0 Å². The summed E-state index contributed by atoms with van der Waals surface area (Å²) >= 11 is 0. The molecule has 0 spiro atoms. The predicted molar refractivity (Wildman–Crippen MR) is 126 cm³/mol. The topological polar surface area (TPSA) is 63.1 Å². The summed E-state index contributed by atoms with van der Waals surface area (Å²) < 4.78 is 0. The Kier molecular flexibility index (Phi) is 8.77. The molecule has 0 bridgehead atoms. The maximum absolute atomic E-state index is 10.7. The molecule has 0 amide bonds. The van der Waals surface area contributed by atoms with Gasteiger partial charge in [0.2, 0.25) is 0 Å². The van der Waals surface area contributed by atoms with Crippen LogP contribution in [-0.2, 0) is 17.6 Å². The number of benzene rings is 2.